The molecule has 2 N–H and O–H groups in total. The lowest BCUT2D eigenvalue weighted by Crippen LogP contribution is -1.94. The van der Waals surface area contributed by atoms with Crippen molar-refractivity contribution >= 4 is 5.69 Å². The molecule has 0 amide bonds. The largest absolute Gasteiger partial charge is 0.399 e. The van der Waals surface area contributed by atoms with Crippen LogP contribution in [0.15, 0.2) is 36.9 Å². The summed E-state index contributed by atoms with van der Waals surface area (Å²) < 4.78 is 1.95. The zero-order valence-corrected chi connectivity index (χ0v) is 7.44. The van der Waals surface area contributed by atoms with Gasteiger partial charge in [0, 0.05) is 23.8 Å². The van der Waals surface area contributed by atoms with Crippen molar-refractivity contribution in [2.75, 3.05) is 5.73 Å². The van der Waals surface area contributed by atoms with Gasteiger partial charge in [0.2, 0.25) is 0 Å². The van der Waals surface area contributed by atoms with E-state index in [-0.39, 0.29) is 0 Å². The molecule has 2 aromatic rings. The van der Waals surface area contributed by atoms with Crippen LogP contribution in [0.2, 0.25) is 0 Å². The van der Waals surface area contributed by atoms with Crippen molar-refractivity contribution in [2.24, 2.45) is 0 Å². The summed E-state index contributed by atoms with van der Waals surface area (Å²) in [5.74, 6) is 0. The molecule has 13 heavy (non-hydrogen) atoms. The van der Waals surface area contributed by atoms with Gasteiger partial charge in [-0.3, -0.25) is 0 Å². The summed E-state index contributed by atoms with van der Waals surface area (Å²) >= 11 is 0. The standard InChI is InChI=1S/C10H11N3/c1-8-6-9(2-3-10(8)11)13-5-4-12-7-13/h2-7H,11H2,1H3. The van der Waals surface area contributed by atoms with Crippen molar-refractivity contribution < 1.29 is 0 Å². The van der Waals surface area contributed by atoms with Gasteiger partial charge in [0.05, 0.1) is 6.33 Å². The van der Waals surface area contributed by atoms with E-state index in [1.54, 1.807) is 12.5 Å². The van der Waals surface area contributed by atoms with Crippen LogP contribution in [0.1, 0.15) is 5.56 Å². The predicted octanol–water partition coefficient (Wildman–Crippen LogP) is 1.76. The Balaban J connectivity index is 2.49. The molecular weight excluding hydrogens is 162 g/mol. The average Bonchev–Trinajstić information content (AvgIpc) is 2.62. The highest BCUT2D eigenvalue weighted by atomic mass is 15.0. The van der Waals surface area contributed by atoms with Gasteiger partial charge in [0.15, 0.2) is 0 Å². The highest BCUT2D eigenvalue weighted by Crippen LogP contribution is 2.15. The third kappa shape index (κ3) is 1.40. The Bertz CT molecular complexity index is 404. The Morgan fingerprint density at radius 2 is 2.23 bits per heavy atom. The lowest BCUT2D eigenvalue weighted by Gasteiger charge is -2.04. The molecule has 0 aliphatic rings. The van der Waals surface area contributed by atoms with Crippen LogP contribution in [-0.2, 0) is 0 Å². The van der Waals surface area contributed by atoms with Crippen LogP contribution in [-0.4, -0.2) is 9.55 Å². The molecule has 1 heterocycles. The molecule has 0 radical (unpaired) electrons. The van der Waals surface area contributed by atoms with Gasteiger partial charge in [-0.25, -0.2) is 4.98 Å². The van der Waals surface area contributed by atoms with E-state index < -0.39 is 0 Å². The summed E-state index contributed by atoms with van der Waals surface area (Å²) in [4.78, 5) is 3.98. The van der Waals surface area contributed by atoms with E-state index in [0.29, 0.717) is 0 Å². The van der Waals surface area contributed by atoms with Gasteiger partial charge in [-0.15, -0.1) is 0 Å². The first-order chi connectivity index (χ1) is 6.27. The fourth-order valence-corrected chi connectivity index (χ4v) is 1.23. The molecule has 0 fully saturated rings. The van der Waals surface area contributed by atoms with E-state index in [1.807, 2.05) is 35.9 Å². The number of anilines is 1. The summed E-state index contributed by atoms with van der Waals surface area (Å²) in [6.07, 6.45) is 5.43. The third-order valence-electron chi connectivity index (χ3n) is 2.06. The number of imidazole rings is 1. The minimum absolute atomic E-state index is 0.823. The monoisotopic (exact) mass is 173 g/mol. The first-order valence-corrected chi connectivity index (χ1v) is 4.12. The number of hydrogen-bond acceptors (Lipinski definition) is 2. The second-order valence-corrected chi connectivity index (χ2v) is 3.01. The number of hydrogen-bond donors (Lipinski definition) is 1. The van der Waals surface area contributed by atoms with Crippen LogP contribution in [0, 0.1) is 6.92 Å². The zero-order valence-electron chi connectivity index (χ0n) is 7.44. The van der Waals surface area contributed by atoms with Gasteiger partial charge in [-0.2, -0.15) is 0 Å². The highest BCUT2D eigenvalue weighted by molar-refractivity contribution is 5.51. The molecule has 2 rings (SSSR count). The first kappa shape index (κ1) is 7.86. The number of aromatic nitrogens is 2. The molecule has 3 nitrogen and oxygen atoms in total. The van der Waals surface area contributed by atoms with Crippen molar-refractivity contribution in [3.8, 4) is 5.69 Å². The van der Waals surface area contributed by atoms with E-state index in [1.165, 1.54) is 0 Å². The van der Waals surface area contributed by atoms with Gasteiger partial charge in [-0.05, 0) is 30.7 Å². The van der Waals surface area contributed by atoms with Crippen molar-refractivity contribution in [3.63, 3.8) is 0 Å². The average molecular weight is 173 g/mol. The predicted molar refractivity (Wildman–Crippen MR) is 52.7 cm³/mol. The van der Waals surface area contributed by atoms with Crippen molar-refractivity contribution in [1.29, 1.82) is 0 Å². The molecule has 0 atom stereocenters. The minimum atomic E-state index is 0.823. The molecule has 0 saturated carbocycles. The lowest BCUT2D eigenvalue weighted by molar-refractivity contribution is 1.05. The van der Waals surface area contributed by atoms with Gasteiger partial charge in [0.25, 0.3) is 0 Å². The highest BCUT2D eigenvalue weighted by Gasteiger charge is 1.97. The number of benzene rings is 1. The van der Waals surface area contributed by atoms with E-state index >= 15 is 0 Å². The SMILES string of the molecule is Cc1cc(-n2ccnc2)ccc1N. The Morgan fingerprint density at radius 1 is 1.38 bits per heavy atom. The molecule has 1 aromatic carbocycles. The maximum atomic E-state index is 5.72. The van der Waals surface area contributed by atoms with Crippen molar-refractivity contribution in [2.45, 2.75) is 6.92 Å². The van der Waals surface area contributed by atoms with Crippen LogP contribution in [0.5, 0.6) is 0 Å². The van der Waals surface area contributed by atoms with Gasteiger partial charge < -0.3 is 10.3 Å². The van der Waals surface area contributed by atoms with E-state index in [9.17, 15) is 0 Å². The second kappa shape index (κ2) is 2.94. The molecule has 1 aromatic heterocycles. The summed E-state index contributed by atoms with van der Waals surface area (Å²) in [7, 11) is 0. The lowest BCUT2D eigenvalue weighted by atomic mass is 10.2. The van der Waals surface area contributed by atoms with Crippen LogP contribution in [0.3, 0.4) is 0 Å². The summed E-state index contributed by atoms with van der Waals surface area (Å²) in [5, 5.41) is 0. The Morgan fingerprint density at radius 3 is 2.85 bits per heavy atom. The minimum Gasteiger partial charge on any atom is -0.399 e. The second-order valence-electron chi connectivity index (χ2n) is 3.01. The molecule has 66 valence electrons. The van der Waals surface area contributed by atoms with E-state index in [2.05, 4.69) is 4.98 Å². The number of nitrogens with zero attached hydrogens (tertiary/aromatic N) is 2. The van der Waals surface area contributed by atoms with E-state index in [0.717, 1.165) is 16.9 Å². The van der Waals surface area contributed by atoms with Gasteiger partial charge in [-0.1, -0.05) is 0 Å². The Labute approximate surface area is 76.8 Å². The molecule has 0 aliphatic heterocycles. The third-order valence-corrected chi connectivity index (χ3v) is 2.06. The van der Waals surface area contributed by atoms with Crippen molar-refractivity contribution in [1.82, 2.24) is 9.55 Å². The quantitative estimate of drug-likeness (QED) is 0.668. The van der Waals surface area contributed by atoms with Crippen molar-refractivity contribution in [3.05, 3.63) is 42.5 Å². The van der Waals surface area contributed by atoms with Gasteiger partial charge in [0.1, 0.15) is 0 Å². The number of nitrogen functional groups attached to an aromatic ring is 1. The molecule has 0 spiro atoms. The fourth-order valence-electron chi connectivity index (χ4n) is 1.23. The molecule has 3 heteroatoms. The van der Waals surface area contributed by atoms with Gasteiger partial charge >= 0.3 is 0 Å². The Kier molecular flexibility index (Phi) is 1.77. The Hall–Kier alpha value is -1.77. The van der Waals surface area contributed by atoms with E-state index in [4.69, 9.17) is 5.73 Å². The zero-order chi connectivity index (χ0) is 9.26. The fraction of sp³-hybridized carbons (Fsp3) is 0.100. The molecule has 0 saturated heterocycles. The maximum absolute atomic E-state index is 5.72. The number of aryl methyl sites for hydroxylation is 1. The topological polar surface area (TPSA) is 43.8 Å². The first-order valence-electron chi connectivity index (χ1n) is 4.12. The molecular formula is C10H11N3. The smallest absolute Gasteiger partial charge is 0.0991 e. The normalized spacial score (nSPS) is 10.2. The van der Waals surface area contributed by atoms with Crippen LogP contribution in [0.25, 0.3) is 5.69 Å². The van der Waals surface area contributed by atoms with Crippen LogP contribution in [0.4, 0.5) is 5.69 Å². The summed E-state index contributed by atoms with van der Waals surface area (Å²) in [6.45, 7) is 2.00. The van der Waals surface area contributed by atoms with Crippen LogP contribution < -0.4 is 5.73 Å². The summed E-state index contributed by atoms with van der Waals surface area (Å²) in [6, 6.07) is 5.92. The molecule has 0 unspecified atom stereocenters. The number of nitrogens with two attached hydrogens (primary N) is 1. The van der Waals surface area contributed by atoms with Crippen LogP contribution >= 0.6 is 0 Å². The molecule has 0 aliphatic carbocycles. The number of rotatable bonds is 1. The molecule has 0 bridgehead atoms. The maximum Gasteiger partial charge on any atom is 0.0991 e. The summed E-state index contributed by atoms with van der Waals surface area (Å²) in [5.41, 5.74) is 8.72.